The van der Waals surface area contributed by atoms with Crippen LogP contribution in [-0.2, 0) is 0 Å². The Morgan fingerprint density at radius 1 is 1.64 bits per heavy atom. The number of aromatic nitrogens is 1. The van der Waals surface area contributed by atoms with E-state index in [-0.39, 0.29) is 0 Å². The van der Waals surface area contributed by atoms with Gasteiger partial charge in [0.05, 0.1) is 18.7 Å². The average molecular weight is 213 g/mol. The monoisotopic (exact) mass is 212 g/mol. The Hall–Kier alpha value is -1.08. The molecule has 11 heavy (non-hydrogen) atoms. The molecular weight excluding hydrogens is 208 g/mol. The molecule has 0 unspecified atom stereocenters. The Balaban J connectivity index is 3.15. The number of ether oxygens (including phenoxy) is 1. The van der Waals surface area contributed by atoms with Crippen LogP contribution in [0.5, 0.6) is 5.88 Å². The van der Waals surface area contributed by atoms with E-state index in [1.54, 1.807) is 12.1 Å². The van der Waals surface area contributed by atoms with Gasteiger partial charge in [-0.1, -0.05) is 0 Å². The van der Waals surface area contributed by atoms with E-state index in [1.165, 1.54) is 7.11 Å². The lowest BCUT2D eigenvalue weighted by Gasteiger charge is -1.98. The van der Waals surface area contributed by atoms with Crippen molar-refractivity contribution in [3.8, 4) is 11.9 Å². The number of rotatable bonds is 1. The van der Waals surface area contributed by atoms with Gasteiger partial charge in [-0.15, -0.1) is 0 Å². The lowest BCUT2D eigenvalue weighted by atomic mass is 10.3. The smallest absolute Gasteiger partial charge is 0.215 e. The molecule has 0 aliphatic carbocycles. The molecule has 0 saturated carbocycles. The predicted molar refractivity (Wildman–Crippen MR) is 43.2 cm³/mol. The largest absolute Gasteiger partial charge is 0.481 e. The predicted octanol–water partition coefficient (Wildman–Crippen LogP) is 1.72. The number of nitriles is 1. The maximum Gasteiger partial charge on any atom is 0.215 e. The molecule has 1 aromatic heterocycles. The molecule has 0 bridgehead atoms. The van der Waals surface area contributed by atoms with Gasteiger partial charge < -0.3 is 4.74 Å². The summed E-state index contributed by atoms with van der Waals surface area (Å²) in [7, 11) is 1.51. The highest BCUT2D eigenvalue weighted by atomic mass is 79.9. The molecule has 0 amide bonds. The summed E-state index contributed by atoms with van der Waals surface area (Å²) in [6.45, 7) is 0. The molecule has 0 fully saturated rings. The molecule has 0 aromatic carbocycles. The Morgan fingerprint density at radius 3 is 2.91 bits per heavy atom. The van der Waals surface area contributed by atoms with Crippen LogP contribution >= 0.6 is 15.9 Å². The van der Waals surface area contributed by atoms with E-state index in [4.69, 9.17) is 10.00 Å². The molecule has 3 nitrogen and oxygen atoms in total. The van der Waals surface area contributed by atoms with Crippen molar-refractivity contribution in [2.75, 3.05) is 7.11 Å². The Morgan fingerprint density at radius 2 is 2.36 bits per heavy atom. The molecule has 1 heterocycles. The number of hydrogen-bond acceptors (Lipinski definition) is 3. The van der Waals surface area contributed by atoms with Crippen molar-refractivity contribution in [1.29, 1.82) is 5.26 Å². The fraction of sp³-hybridized carbons (Fsp3) is 0.143. The van der Waals surface area contributed by atoms with Crippen molar-refractivity contribution in [2.24, 2.45) is 0 Å². The summed E-state index contributed by atoms with van der Waals surface area (Å²) in [5.74, 6) is 0.441. The van der Waals surface area contributed by atoms with Crippen molar-refractivity contribution in [1.82, 2.24) is 4.98 Å². The topological polar surface area (TPSA) is 45.9 Å². The SMILES string of the molecule is COc1cc(C#N)cc(Br)n1. The summed E-state index contributed by atoms with van der Waals surface area (Å²) in [5.41, 5.74) is 0.531. The molecule has 0 radical (unpaired) electrons. The first kappa shape index (κ1) is 8.02. The van der Waals surface area contributed by atoms with Crippen LogP contribution in [0.25, 0.3) is 0 Å². The van der Waals surface area contributed by atoms with E-state index in [2.05, 4.69) is 20.9 Å². The van der Waals surface area contributed by atoms with Crippen LogP contribution in [0.2, 0.25) is 0 Å². The average Bonchev–Trinajstić information content (AvgIpc) is 2.03. The molecule has 4 heteroatoms. The Bertz CT molecular complexity index is 306. The molecule has 0 aliphatic rings. The summed E-state index contributed by atoms with van der Waals surface area (Å²) in [6, 6.07) is 5.19. The van der Waals surface area contributed by atoms with Crippen molar-refractivity contribution < 1.29 is 4.74 Å². The van der Waals surface area contributed by atoms with Gasteiger partial charge in [0.15, 0.2) is 0 Å². The minimum Gasteiger partial charge on any atom is -0.481 e. The van der Waals surface area contributed by atoms with E-state index in [0.29, 0.717) is 16.0 Å². The summed E-state index contributed by atoms with van der Waals surface area (Å²) < 4.78 is 5.45. The van der Waals surface area contributed by atoms with Crippen LogP contribution in [0, 0.1) is 11.3 Å². The second-order valence-corrected chi connectivity index (χ2v) is 2.65. The zero-order valence-corrected chi connectivity index (χ0v) is 7.42. The zero-order chi connectivity index (χ0) is 8.27. The van der Waals surface area contributed by atoms with E-state index in [1.807, 2.05) is 6.07 Å². The molecule has 0 saturated heterocycles. The highest BCUT2D eigenvalue weighted by Crippen LogP contribution is 2.15. The van der Waals surface area contributed by atoms with Crippen LogP contribution in [0.3, 0.4) is 0 Å². The minimum atomic E-state index is 0.441. The standard InChI is InChI=1S/C7H5BrN2O/c1-11-7-3-5(4-9)2-6(8)10-7/h2-3H,1H3. The van der Waals surface area contributed by atoms with Gasteiger partial charge in [0.2, 0.25) is 5.88 Å². The van der Waals surface area contributed by atoms with Gasteiger partial charge in [-0.25, -0.2) is 4.98 Å². The minimum absolute atomic E-state index is 0.441. The number of halogens is 1. The van der Waals surface area contributed by atoms with Gasteiger partial charge in [-0.05, 0) is 22.0 Å². The van der Waals surface area contributed by atoms with Crippen molar-refractivity contribution >= 4 is 15.9 Å². The summed E-state index contributed by atoms with van der Waals surface area (Å²) in [6.07, 6.45) is 0. The van der Waals surface area contributed by atoms with E-state index in [9.17, 15) is 0 Å². The lowest BCUT2D eigenvalue weighted by molar-refractivity contribution is 0.397. The normalized spacial score (nSPS) is 8.82. The van der Waals surface area contributed by atoms with E-state index in [0.717, 1.165) is 0 Å². The summed E-state index contributed by atoms with van der Waals surface area (Å²) in [5, 5.41) is 8.53. The maximum atomic E-state index is 8.53. The van der Waals surface area contributed by atoms with Gasteiger partial charge in [-0.2, -0.15) is 5.26 Å². The van der Waals surface area contributed by atoms with Crippen molar-refractivity contribution in [2.45, 2.75) is 0 Å². The second-order valence-electron chi connectivity index (χ2n) is 1.83. The molecule has 56 valence electrons. The molecule has 0 aliphatic heterocycles. The van der Waals surface area contributed by atoms with Crippen LogP contribution in [0.1, 0.15) is 5.56 Å². The first-order valence-corrected chi connectivity index (χ1v) is 3.67. The fourth-order valence-electron chi connectivity index (χ4n) is 0.642. The number of nitrogens with zero attached hydrogens (tertiary/aromatic N) is 2. The lowest BCUT2D eigenvalue weighted by Crippen LogP contribution is -1.88. The summed E-state index contributed by atoms with van der Waals surface area (Å²) in [4.78, 5) is 3.94. The van der Waals surface area contributed by atoms with E-state index < -0.39 is 0 Å². The van der Waals surface area contributed by atoms with Gasteiger partial charge in [-0.3, -0.25) is 0 Å². The number of hydrogen-bond donors (Lipinski definition) is 0. The summed E-state index contributed by atoms with van der Waals surface area (Å²) >= 11 is 3.15. The van der Waals surface area contributed by atoms with Gasteiger partial charge in [0.25, 0.3) is 0 Å². The quantitative estimate of drug-likeness (QED) is 0.667. The molecule has 0 N–H and O–H groups in total. The molecule has 1 aromatic rings. The van der Waals surface area contributed by atoms with Crippen molar-refractivity contribution in [3.63, 3.8) is 0 Å². The molecular formula is C7H5BrN2O. The van der Waals surface area contributed by atoms with Crippen LogP contribution < -0.4 is 4.74 Å². The van der Waals surface area contributed by atoms with E-state index >= 15 is 0 Å². The first-order valence-electron chi connectivity index (χ1n) is 2.88. The Labute approximate surface area is 72.8 Å². The maximum absolute atomic E-state index is 8.53. The number of methoxy groups -OCH3 is 1. The fourth-order valence-corrected chi connectivity index (χ4v) is 1.06. The van der Waals surface area contributed by atoms with Crippen molar-refractivity contribution in [3.05, 3.63) is 22.3 Å². The van der Waals surface area contributed by atoms with Gasteiger partial charge >= 0.3 is 0 Å². The Kier molecular flexibility index (Phi) is 2.44. The third-order valence-electron chi connectivity index (χ3n) is 1.11. The second kappa shape index (κ2) is 3.35. The highest BCUT2D eigenvalue weighted by Gasteiger charge is 1.98. The van der Waals surface area contributed by atoms with Crippen LogP contribution in [0.4, 0.5) is 0 Å². The zero-order valence-electron chi connectivity index (χ0n) is 5.84. The third-order valence-corrected chi connectivity index (χ3v) is 1.52. The highest BCUT2D eigenvalue weighted by molar-refractivity contribution is 9.10. The molecule has 1 rings (SSSR count). The third kappa shape index (κ3) is 1.92. The molecule has 0 atom stereocenters. The first-order chi connectivity index (χ1) is 5.26. The molecule has 0 spiro atoms. The van der Waals surface area contributed by atoms with Gasteiger partial charge in [0.1, 0.15) is 4.60 Å². The van der Waals surface area contributed by atoms with Crippen LogP contribution in [0.15, 0.2) is 16.7 Å². The number of pyridine rings is 1. The van der Waals surface area contributed by atoms with Gasteiger partial charge in [0, 0.05) is 6.07 Å². The van der Waals surface area contributed by atoms with Crippen LogP contribution in [-0.4, -0.2) is 12.1 Å².